The van der Waals surface area contributed by atoms with Gasteiger partial charge in [-0.1, -0.05) is 18.2 Å². The fourth-order valence-electron chi connectivity index (χ4n) is 2.01. The summed E-state index contributed by atoms with van der Waals surface area (Å²) in [7, 11) is 1.92. The molecule has 0 spiro atoms. The SMILES string of the molecule is CN(CCC(=O)O)Cc1cccc(-c2c[c]cnc2)c1. The van der Waals surface area contributed by atoms with Gasteiger partial charge in [-0.3, -0.25) is 9.78 Å². The van der Waals surface area contributed by atoms with E-state index < -0.39 is 5.97 Å². The van der Waals surface area contributed by atoms with Crippen LogP contribution >= 0.6 is 0 Å². The van der Waals surface area contributed by atoms with Crippen molar-refractivity contribution in [2.45, 2.75) is 13.0 Å². The highest BCUT2D eigenvalue weighted by atomic mass is 16.4. The first kappa shape index (κ1) is 14.2. The van der Waals surface area contributed by atoms with Crippen molar-refractivity contribution in [3.63, 3.8) is 0 Å². The third-order valence-corrected chi connectivity index (χ3v) is 3.02. The van der Waals surface area contributed by atoms with Gasteiger partial charge in [-0.2, -0.15) is 0 Å². The van der Waals surface area contributed by atoms with Crippen LogP contribution in [0.4, 0.5) is 0 Å². The summed E-state index contributed by atoms with van der Waals surface area (Å²) in [5.74, 6) is -0.767. The smallest absolute Gasteiger partial charge is 0.304 e. The van der Waals surface area contributed by atoms with Crippen molar-refractivity contribution >= 4 is 5.97 Å². The minimum atomic E-state index is -0.767. The van der Waals surface area contributed by atoms with Crippen molar-refractivity contribution < 1.29 is 9.90 Å². The Bertz CT molecular complexity index is 570. The van der Waals surface area contributed by atoms with Crippen molar-refractivity contribution in [2.75, 3.05) is 13.6 Å². The van der Waals surface area contributed by atoms with Crippen LogP contribution in [0.1, 0.15) is 12.0 Å². The highest BCUT2D eigenvalue weighted by molar-refractivity contribution is 5.66. The highest BCUT2D eigenvalue weighted by Gasteiger charge is 2.05. The zero-order valence-corrected chi connectivity index (χ0v) is 11.4. The summed E-state index contributed by atoms with van der Waals surface area (Å²) in [5.41, 5.74) is 3.28. The molecule has 0 amide bonds. The topological polar surface area (TPSA) is 53.4 Å². The van der Waals surface area contributed by atoms with Gasteiger partial charge in [-0.25, -0.2) is 0 Å². The maximum absolute atomic E-state index is 10.6. The van der Waals surface area contributed by atoms with E-state index in [9.17, 15) is 4.79 Å². The van der Waals surface area contributed by atoms with Crippen molar-refractivity contribution in [1.29, 1.82) is 0 Å². The molecule has 4 nitrogen and oxygen atoms in total. The first-order valence-electron chi connectivity index (χ1n) is 6.46. The molecular weight excluding hydrogens is 252 g/mol. The van der Waals surface area contributed by atoms with Gasteiger partial charge in [0.2, 0.25) is 0 Å². The summed E-state index contributed by atoms with van der Waals surface area (Å²) in [6.07, 6.45) is 3.60. The Balaban J connectivity index is 2.05. The predicted octanol–water partition coefficient (Wildman–Crippen LogP) is 2.46. The standard InChI is InChI=1S/C16H17N2O2/c1-18(9-7-16(19)20)12-13-4-2-5-14(10-13)15-6-3-8-17-11-15/h2,4-6,8,10-11H,7,9,12H2,1H3,(H,19,20). The van der Waals surface area contributed by atoms with E-state index in [1.54, 1.807) is 6.20 Å². The Kier molecular flexibility index (Phi) is 4.85. The first-order chi connectivity index (χ1) is 9.65. The van der Waals surface area contributed by atoms with Crippen LogP contribution in [0.25, 0.3) is 11.1 Å². The fourth-order valence-corrected chi connectivity index (χ4v) is 2.01. The molecule has 2 aromatic rings. The van der Waals surface area contributed by atoms with Crippen molar-refractivity contribution in [1.82, 2.24) is 9.88 Å². The van der Waals surface area contributed by atoms with Gasteiger partial charge in [0.25, 0.3) is 0 Å². The van der Waals surface area contributed by atoms with Gasteiger partial charge in [-0.15, -0.1) is 0 Å². The lowest BCUT2D eigenvalue weighted by Gasteiger charge is -2.16. The Morgan fingerprint density at radius 2 is 2.25 bits per heavy atom. The summed E-state index contributed by atoms with van der Waals surface area (Å²) in [6, 6.07) is 13.0. The van der Waals surface area contributed by atoms with Gasteiger partial charge in [0.15, 0.2) is 0 Å². The van der Waals surface area contributed by atoms with Gasteiger partial charge >= 0.3 is 5.97 Å². The number of benzene rings is 1. The molecule has 0 aliphatic carbocycles. The van der Waals surface area contributed by atoms with Gasteiger partial charge in [-0.05, 0) is 30.3 Å². The van der Waals surface area contributed by atoms with Gasteiger partial charge < -0.3 is 10.0 Å². The first-order valence-corrected chi connectivity index (χ1v) is 6.46. The lowest BCUT2D eigenvalue weighted by Crippen LogP contribution is -2.21. The zero-order chi connectivity index (χ0) is 14.4. The average Bonchev–Trinajstić information content (AvgIpc) is 2.46. The Morgan fingerprint density at radius 1 is 1.40 bits per heavy atom. The average molecular weight is 269 g/mol. The monoisotopic (exact) mass is 269 g/mol. The van der Waals surface area contributed by atoms with Crippen LogP contribution < -0.4 is 0 Å². The lowest BCUT2D eigenvalue weighted by molar-refractivity contribution is -0.137. The van der Waals surface area contributed by atoms with E-state index in [0.29, 0.717) is 6.54 Å². The molecule has 20 heavy (non-hydrogen) atoms. The van der Waals surface area contributed by atoms with Crippen molar-refractivity contribution in [3.8, 4) is 11.1 Å². The van der Waals surface area contributed by atoms with Crippen LogP contribution in [0.3, 0.4) is 0 Å². The normalized spacial score (nSPS) is 10.7. The second-order valence-electron chi connectivity index (χ2n) is 4.76. The number of nitrogens with zero attached hydrogens (tertiary/aromatic N) is 2. The Morgan fingerprint density at radius 3 is 2.95 bits per heavy atom. The van der Waals surface area contributed by atoms with Crippen molar-refractivity contribution in [2.24, 2.45) is 0 Å². The van der Waals surface area contributed by atoms with Crippen LogP contribution in [0.2, 0.25) is 0 Å². The van der Waals surface area contributed by atoms with E-state index in [0.717, 1.165) is 23.2 Å². The molecule has 0 aliphatic rings. The maximum Gasteiger partial charge on any atom is 0.304 e. The summed E-state index contributed by atoms with van der Waals surface area (Å²) in [6.45, 7) is 1.27. The number of carbonyl (C=O) groups is 1. The molecule has 0 saturated heterocycles. The minimum Gasteiger partial charge on any atom is -0.481 e. The molecule has 0 unspecified atom stereocenters. The summed E-state index contributed by atoms with van der Waals surface area (Å²) in [5, 5.41) is 8.68. The van der Waals surface area contributed by atoms with Gasteiger partial charge in [0, 0.05) is 37.1 Å². The molecule has 0 saturated carbocycles. The predicted molar refractivity (Wildman–Crippen MR) is 77.1 cm³/mol. The number of rotatable bonds is 6. The molecule has 2 rings (SSSR count). The number of carboxylic acid groups (broad SMARTS) is 1. The molecule has 4 heteroatoms. The molecule has 0 aliphatic heterocycles. The number of hydrogen-bond donors (Lipinski definition) is 1. The number of aromatic nitrogens is 1. The van der Waals surface area contributed by atoms with Crippen LogP contribution in [-0.4, -0.2) is 34.6 Å². The second kappa shape index (κ2) is 6.82. The zero-order valence-electron chi connectivity index (χ0n) is 11.4. The summed E-state index contributed by atoms with van der Waals surface area (Å²) >= 11 is 0. The number of pyridine rings is 1. The van der Waals surface area contributed by atoms with Crippen LogP contribution in [0, 0.1) is 6.07 Å². The largest absolute Gasteiger partial charge is 0.481 e. The lowest BCUT2D eigenvalue weighted by atomic mass is 10.0. The summed E-state index contributed by atoms with van der Waals surface area (Å²) < 4.78 is 0. The fraction of sp³-hybridized carbons (Fsp3) is 0.250. The van der Waals surface area contributed by atoms with E-state index >= 15 is 0 Å². The number of carboxylic acids is 1. The summed E-state index contributed by atoms with van der Waals surface area (Å²) in [4.78, 5) is 16.6. The third-order valence-electron chi connectivity index (χ3n) is 3.02. The Hall–Kier alpha value is -2.20. The Labute approximate surface area is 118 Å². The van der Waals surface area contributed by atoms with Crippen LogP contribution in [-0.2, 0) is 11.3 Å². The number of aliphatic carboxylic acids is 1. The van der Waals surface area contributed by atoms with Crippen LogP contribution in [0.15, 0.2) is 42.7 Å². The molecular formula is C16H17N2O2. The third kappa shape index (κ3) is 4.17. The molecule has 0 fully saturated rings. The second-order valence-corrected chi connectivity index (χ2v) is 4.76. The molecule has 0 bridgehead atoms. The van der Waals surface area contributed by atoms with E-state index in [4.69, 9.17) is 5.11 Å². The van der Waals surface area contributed by atoms with Crippen molar-refractivity contribution in [3.05, 3.63) is 54.4 Å². The van der Waals surface area contributed by atoms with E-state index in [1.807, 2.05) is 42.4 Å². The van der Waals surface area contributed by atoms with E-state index in [2.05, 4.69) is 17.1 Å². The maximum atomic E-state index is 10.6. The molecule has 1 radical (unpaired) electrons. The molecule has 103 valence electrons. The van der Waals surface area contributed by atoms with E-state index in [-0.39, 0.29) is 6.42 Å². The van der Waals surface area contributed by atoms with Gasteiger partial charge in [0.1, 0.15) is 0 Å². The molecule has 0 atom stereocenters. The van der Waals surface area contributed by atoms with Crippen LogP contribution in [0.5, 0.6) is 0 Å². The number of hydrogen-bond acceptors (Lipinski definition) is 3. The quantitative estimate of drug-likeness (QED) is 0.875. The molecule has 1 N–H and O–H groups in total. The molecule has 1 aromatic heterocycles. The van der Waals surface area contributed by atoms with Gasteiger partial charge in [0.05, 0.1) is 6.42 Å². The highest BCUT2D eigenvalue weighted by Crippen LogP contribution is 2.19. The molecule has 1 heterocycles. The molecule has 1 aromatic carbocycles. The minimum absolute atomic E-state index is 0.160. The van der Waals surface area contributed by atoms with E-state index in [1.165, 1.54) is 0 Å².